The van der Waals surface area contributed by atoms with Gasteiger partial charge in [-0.2, -0.15) is 0 Å². The Balaban J connectivity index is 1.80. The molecular formula is C14H25N3O3. The molecule has 6 nitrogen and oxygen atoms in total. The fraction of sp³-hybridized carbons (Fsp3) is 0.857. The standard InChI is InChI=1S/C14H25N3O3/c1-10-7-17(8-11(2)20-10)9-13(18)16-12-5-3-4-6-15-14(12)19/h10-12H,3-9H2,1-2H3,(H,15,19)(H,16,18)/t10-,11+,12-/m0/s1. The molecule has 2 N–H and O–H groups in total. The van der Waals surface area contributed by atoms with Gasteiger partial charge in [-0.1, -0.05) is 0 Å². The van der Waals surface area contributed by atoms with Gasteiger partial charge < -0.3 is 15.4 Å². The number of carbonyl (C=O) groups is 2. The molecule has 6 heteroatoms. The van der Waals surface area contributed by atoms with Crippen molar-refractivity contribution in [1.29, 1.82) is 0 Å². The van der Waals surface area contributed by atoms with Crippen LogP contribution in [0.5, 0.6) is 0 Å². The van der Waals surface area contributed by atoms with Crippen LogP contribution in [0.25, 0.3) is 0 Å². The normalized spacial score (nSPS) is 32.3. The average Bonchev–Trinajstić information content (AvgIpc) is 2.53. The Hall–Kier alpha value is -1.14. The predicted octanol–water partition coefficient (Wildman–Crippen LogP) is -0.119. The topological polar surface area (TPSA) is 70.7 Å². The Labute approximate surface area is 120 Å². The van der Waals surface area contributed by atoms with E-state index >= 15 is 0 Å². The molecule has 0 aromatic heterocycles. The zero-order chi connectivity index (χ0) is 14.5. The van der Waals surface area contributed by atoms with Gasteiger partial charge in [0.2, 0.25) is 11.8 Å². The van der Waals surface area contributed by atoms with E-state index in [9.17, 15) is 9.59 Å². The zero-order valence-electron chi connectivity index (χ0n) is 12.4. The van der Waals surface area contributed by atoms with E-state index in [2.05, 4.69) is 15.5 Å². The molecule has 0 saturated carbocycles. The molecule has 114 valence electrons. The van der Waals surface area contributed by atoms with E-state index in [1.54, 1.807) is 0 Å². The van der Waals surface area contributed by atoms with Crippen molar-refractivity contribution in [3.63, 3.8) is 0 Å². The van der Waals surface area contributed by atoms with E-state index < -0.39 is 0 Å². The van der Waals surface area contributed by atoms with E-state index in [4.69, 9.17) is 4.74 Å². The van der Waals surface area contributed by atoms with Crippen molar-refractivity contribution in [1.82, 2.24) is 15.5 Å². The fourth-order valence-electron chi connectivity index (χ4n) is 2.93. The molecule has 0 unspecified atom stereocenters. The van der Waals surface area contributed by atoms with Crippen LogP contribution < -0.4 is 10.6 Å². The van der Waals surface area contributed by atoms with E-state index in [0.717, 1.165) is 32.4 Å². The largest absolute Gasteiger partial charge is 0.373 e. The van der Waals surface area contributed by atoms with Crippen LogP contribution in [0, 0.1) is 0 Å². The van der Waals surface area contributed by atoms with Crippen LogP contribution >= 0.6 is 0 Å². The minimum absolute atomic E-state index is 0.0560. The van der Waals surface area contributed by atoms with Crippen molar-refractivity contribution in [2.45, 2.75) is 51.4 Å². The van der Waals surface area contributed by atoms with Crippen LogP contribution in [0.2, 0.25) is 0 Å². The molecule has 2 rings (SSSR count). The molecule has 0 bridgehead atoms. The smallest absolute Gasteiger partial charge is 0.242 e. The predicted molar refractivity (Wildman–Crippen MR) is 75.2 cm³/mol. The van der Waals surface area contributed by atoms with Crippen LogP contribution in [0.4, 0.5) is 0 Å². The summed E-state index contributed by atoms with van der Waals surface area (Å²) >= 11 is 0. The monoisotopic (exact) mass is 283 g/mol. The summed E-state index contributed by atoms with van der Waals surface area (Å²) in [5.74, 6) is -0.132. The number of nitrogens with one attached hydrogen (secondary N) is 2. The van der Waals surface area contributed by atoms with Crippen molar-refractivity contribution in [3.05, 3.63) is 0 Å². The Morgan fingerprint density at radius 3 is 2.75 bits per heavy atom. The molecule has 2 heterocycles. The highest BCUT2D eigenvalue weighted by Gasteiger charge is 2.26. The van der Waals surface area contributed by atoms with E-state index in [1.165, 1.54) is 0 Å². The van der Waals surface area contributed by atoms with Crippen LogP contribution in [-0.4, -0.2) is 61.1 Å². The fourth-order valence-corrected chi connectivity index (χ4v) is 2.93. The number of hydrogen-bond acceptors (Lipinski definition) is 4. The SMILES string of the molecule is C[C@@H]1CN(CC(=O)N[C@H]2CCCCNC2=O)C[C@H](C)O1. The molecule has 2 fully saturated rings. The summed E-state index contributed by atoms with van der Waals surface area (Å²) in [6.45, 7) is 6.59. The summed E-state index contributed by atoms with van der Waals surface area (Å²) in [6, 6.07) is -0.374. The maximum atomic E-state index is 12.1. The minimum Gasteiger partial charge on any atom is -0.373 e. The molecule has 0 spiro atoms. The molecule has 0 aromatic carbocycles. The molecule has 2 aliphatic rings. The minimum atomic E-state index is -0.374. The van der Waals surface area contributed by atoms with Crippen molar-refractivity contribution >= 4 is 11.8 Å². The second kappa shape index (κ2) is 7.04. The summed E-state index contributed by atoms with van der Waals surface area (Å²) in [5, 5.41) is 5.68. The second-order valence-corrected chi connectivity index (χ2v) is 5.86. The summed E-state index contributed by atoms with van der Waals surface area (Å²) in [6.07, 6.45) is 2.97. The van der Waals surface area contributed by atoms with E-state index in [-0.39, 0.29) is 30.1 Å². The summed E-state index contributed by atoms with van der Waals surface area (Å²) in [5.41, 5.74) is 0. The van der Waals surface area contributed by atoms with Gasteiger partial charge in [0.1, 0.15) is 6.04 Å². The number of rotatable bonds is 3. The van der Waals surface area contributed by atoms with E-state index in [0.29, 0.717) is 13.1 Å². The van der Waals surface area contributed by atoms with Crippen molar-refractivity contribution in [2.24, 2.45) is 0 Å². The van der Waals surface area contributed by atoms with Gasteiger partial charge in [-0.15, -0.1) is 0 Å². The lowest BCUT2D eigenvalue weighted by Crippen LogP contribution is -2.52. The number of ether oxygens (including phenoxy) is 1. The van der Waals surface area contributed by atoms with Crippen molar-refractivity contribution < 1.29 is 14.3 Å². The Morgan fingerprint density at radius 2 is 2.05 bits per heavy atom. The zero-order valence-corrected chi connectivity index (χ0v) is 12.4. The van der Waals surface area contributed by atoms with Gasteiger partial charge in [0.05, 0.1) is 18.8 Å². The molecule has 2 saturated heterocycles. The third kappa shape index (κ3) is 4.45. The van der Waals surface area contributed by atoms with Crippen LogP contribution in [0.1, 0.15) is 33.1 Å². The first-order chi connectivity index (χ1) is 9.54. The van der Waals surface area contributed by atoms with Crippen LogP contribution in [-0.2, 0) is 14.3 Å². The summed E-state index contributed by atoms with van der Waals surface area (Å²) in [7, 11) is 0. The third-order valence-electron chi connectivity index (χ3n) is 3.73. The number of amides is 2. The van der Waals surface area contributed by atoms with Gasteiger partial charge >= 0.3 is 0 Å². The number of morpholine rings is 1. The second-order valence-electron chi connectivity index (χ2n) is 5.86. The van der Waals surface area contributed by atoms with E-state index in [1.807, 2.05) is 13.8 Å². The quantitative estimate of drug-likeness (QED) is 0.757. The van der Waals surface area contributed by atoms with Crippen molar-refractivity contribution in [3.8, 4) is 0 Å². The molecule has 0 aromatic rings. The lowest BCUT2D eigenvalue weighted by atomic mass is 10.1. The highest BCUT2D eigenvalue weighted by Crippen LogP contribution is 2.10. The van der Waals surface area contributed by atoms with Gasteiger partial charge in [0.15, 0.2) is 0 Å². The maximum absolute atomic E-state index is 12.1. The first-order valence-electron chi connectivity index (χ1n) is 7.49. The van der Waals surface area contributed by atoms with Gasteiger partial charge in [-0.25, -0.2) is 0 Å². The summed E-state index contributed by atoms with van der Waals surface area (Å²) < 4.78 is 5.64. The summed E-state index contributed by atoms with van der Waals surface area (Å²) in [4.78, 5) is 25.9. The molecule has 2 amide bonds. The lowest BCUT2D eigenvalue weighted by Gasteiger charge is -2.35. The number of hydrogen-bond donors (Lipinski definition) is 2. The van der Waals surface area contributed by atoms with Crippen molar-refractivity contribution in [2.75, 3.05) is 26.2 Å². The average molecular weight is 283 g/mol. The Morgan fingerprint density at radius 1 is 1.35 bits per heavy atom. The molecule has 0 radical (unpaired) electrons. The number of carbonyl (C=O) groups excluding carboxylic acids is 2. The third-order valence-corrected chi connectivity index (χ3v) is 3.73. The Bertz CT molecular complexity index is 352. The molecule has 20 heavy (non-hydrogen) atoms. The van der Waals surface area contributed by atoms with Crippen LogP contribution in [0.3, 0.4) is 0 Å². The molecule has 3 atom stereocenters. The van der Waals surface area contributed by atoms with Gasteiger partial charge in [0, 0.05) is 19.6 Å². The maximum Gasteiger partial charge on any atom is 0.242 e. The Kier molecular flexibility index (Phi) is 5.37. The molecular weight excluding hydrogens is 258 g/mol. The first kappa shape index (κ1) is 15.3. The van der Waals surface area contributed by atoms with Gasteiger partial charge in [-0.3, -0.25) is 14.5 Å². The highest BCUT2D eigenvalue weighted by atomic mass is 16.5. The molecule has 0 aliphatic carbocycles. The number of nitrogens with zero attached hydrogens (tertiary/aromatic N) is 1. The lowest BCUT2D eigenvalue weighted by molar-refractivity contribution is -0.131. The van der Waals surface area contributed by atoms with Gasteiger partial charge in [-0.05, 0) is 33.1 Å². The first-order valence-corrected chi connectivity index (χ1v) is 7.49. The molecule has 2 aliphatic heterocycles. The highest BCUT2D eigenvalue weighted by molar-refractivity contribution is 5.88. The van der Waals surface area contributed by atoms with Crippen LogP contribution in [0.15, 0.2) is 0 Å². The van der Waals surface area contributed by atoms with Gasteiger partial charge in [0.25, 0.3) is 0 Å².